The van der Waals surface area contributed by atoms with Crippen LogP contribution in [-0.2, 0) is 19.9 Å². The fraction of sp³-hybridized carbons (Fsp3) is 0.591. The first-order valence-electron chi connectivity index (χ1n) is 10.5. The van der Waals surface area contributed by atoms with Gasteiger partial charge in [-0.1, -0.05) is 30.3 Å². The number of hydrogen-bond donors (Lipinski definition) is 1. The first-order valence-corrected chi connectivity index (χ1v) is 10.5. The summed E-state index contributed by atoms with van der Waals surface area (Å²) < 4.78 is 0. The molecule has 6 heteroatoms. The molecule has 3 fully saturated rings. The quantitative estimate of drug-likeness (QED) is 0.783. The molecule has 150 valence electrons. The van der Waals surface area contributed by atoms with E-state index in [-0.39, 0.29) is 29.2 Å². The summed E-state index contributed by atoms with van der Waals surface area (Å²) in [5, 5.41) is 3.27. The van der Waals surface area contributed by atoms with Gasteiger partial charge in [-0.25, -0.2) is 0 Å². The molecule has 1 aromatic rings. The number of amides is 3. The van der Waals surface area contributed by atoms with Crippen molar-refractivity contribution in [2.75, 3.05) is 26.2 Å². The molecule has 2 aliphatic heterocycles. The maximum Gasteiger partial charge on any atom is 0.225 e. The lowest BCUT2D eigenvalue weighted by molar-refractivity contribution is -0.138. The van der Waals surface area contributed by atoms with Crippen LogP contribution in [0.15, 0.2) is 30.3 Å². The van der Waals surface area contributed by atoms with E-state index >= 15 is 0 Å². The standard InChI is InChI=1S/C22H29N3O3/c26-19-8-4-13-24(19)14-5-15-25-16-17(9-10-20(25)27)21(28)23-22(11-12-22)18-6-2-1-3-7-18/h1-3,6-7,17H,4-5,8-16H2,(H,23,28). The van der Waals surface area contributed by atoms with Gasteiger partial charge >= 0.3 is 0 Å². The second-order valence-corrected chi connectivity index (χ2v) is 8.35. The minimum Gasteiger partial charge on any atom is -0.346 e. The van der Waals surface area contributed by atoms with E-state index in [0.717, 1.165) is 32.2 Å². The third-order valence-electron chi connectivity index (χ3n) is 6.34. The van der Waals surface area contributed by atoms with Crippen LogP contribution in [0.4, 0.5) is 0 Å². The van der Waals surface area contributed by atoms with Crippen LogP contribution in [0, 0.1) is 5.92 Å². The van der Waals surface area contributed by atoms with E-state index in [1.54, 1.807) is 0 Å². The van der Waals surface area contributed by atoms with Crippen LogP contribution in [0.1, 0.15) is 50.5 Å². The van der Waals surface area contributed by atoms with Crippen LogP contribution < -0.4 is 5.32 Å². The Labute approximate surface area is 166 Å². The summed E-state index contributed by atoms with van der Waals surface area (Å²) in [7, 11) is 0. The van der Waals surface area contributed by atoms with Gasteiger partial charge in [0.25, 0.3) is 0 Å². The molecule has 28 heavy (non-hydrogen) atoms. The van der Waals surface area contributed by atoms with E-state index in [4.69, 9.17) is 0 Å². The highest BCUT2D eigenvalue weighted by molar-refractivity contribution is 5.84. The molecule has 1 aliphatic carbocycles. The Bertz CT molecular complexity index is 745. The normalized spacial score (nSPS) is 23.8. The van der Waals surface area contributed by atoms with E-state index in [1.165, 1.54) is 5.56 Å². The van der Waals surface area contributed by atoms with Crippen LogP contribution in [0.3, 0.4) is 0 Å². The number of likely N-dealkylation sites (tertiary alicyclic amines) is 2. The van der Waals surface area contributed by atoms with Crippen LogP contribution in [0.25, 0.3) is 0 Å². The zero-order valence-electron chi connectivity index (χ0n) is 16.4. The summed E-state index contributed by atoms with van der Waals surface area (Å²) in [6.45, 7) is 2.65. The summed E-state index contributed by atoms with van der Waals surface area (Å²) in [4.78, 5) is 40.6. The average Bonchev–Trinajstić information content (AvgIpc) is 3.38. The van der Waals surface area contributed by atoms with E-state index in [9.17, 15) is 14.4 Å². The number of nitrogens with zero attached hydrogens (tertiary/aromatic N) is 2. The number of carbonyl (C=O) groups excluding carboxylic acids is 3. The average molecular weight is 383 g/mol. The topological polar surface area (TPSA) is 69.7 Å². The molecule has 6 nitrogen and oxygen atoms in total. The van der Waals surface area contributed by atoms with E-state index in [1.807, 2.05) is 28.0 Å². The number of nitrogens with one attached hydrogen (secondary N) is 1. The highest BCUT2D eigenvalue weighted by Gasteiger charge is 2.46. The second-order valence-electron chi connectivity index (χ2n) is 8.35. The zero-order chi connectivity index (χ0) is 19.6. The number of rotatable bonds is 7. The SMILES string of the molecule is O=C(NC1(c2ccccc2)CC1)C1CCC(=O)N(CCCN2CCCC2=O)C1. The fourth-order valence-electron chi connectivity index (χ4n) is 4.44. The van der Waals surface area contributed by atoms with Gasteiger partial charge in [-0.15, -0.1) is 0 Å². The minimum atomic E-state index is -0.208. The third kappa shape index (κ3) is 4.05. The highest BCUT2D eigenvalue weighted by atomic mass is 16.2. The van der Waals surface area contributed by atoms with E-state index in [2.05, 4.69) is 17.4 Å². The number of benzene rings is 1. The molecule has 1 atom stereocenters. The Morgan fingerprint density at radius 1 is 1.04 bits per heavy atom. The molecule has 1 N–H and O–H groups in total. The number of carbonyl (C=O) groups is 3. The molecule has 0 spiro atoms. The monoisotopic (exact) mass is 383 g/mol. The Morgan fingerprint density at radius 2 is 1.75 bits per heavy atom. The maximum absolute atomic E-state index is 12.9. The van der Waals surface area contributed by atoms with Crippen molar-refractivity contribution in [3.8, 4) is 0 Å². The summed E-state index contributed by atoms with van der Waals surface area (Å²) in [6, 6.07) is 10.1. The van der Waals surface area contributed by atoms with Gasteiger partial charge in [-0.3, -0.25) is 14.4 Å². The zero-order valence-corrected chi connectivity index (χ0v) is 16.4. The summed E-state index contributed by atoms with van der Waals surface area (Å²) in [6.07, 6.45) is 5.36. The molecule has 2 heterocycles. The Hall–Kier alpha value is -2.37. The molecule has 0 radical (unpaired) electrons. The lowest BCUT2D eigenvalue weighted by atomic mass is 9.95. The van der Waals surface area contributed by atoms with Crippen LogP contribution in [-0.4, -0.2) is 53.7 Å². The van der Waals surface area contributed by atoms with Gasteiger partial charge in [-0.05, 0) is 37.7 Å². The van der Waals surface area contributed by atoms with Gasteiger partial charge in [0.1, 0.15) is 0 Å². The van der Waals surface area contributed by atoms with E-state index in [0.29, 0.717) is 38.9 Å². The molecule has 3 amide bonds. The summed E-state index contributed by atoms with van der Waals surface area (Å²) >= 11 is 0. The maximum atomic E-state index is 12.9. The molecule has 0 bridgehead atoms. The number of piperidine rings is 1. The smallest absolute Gasteiger partial charge is 0.225 e. The van der Waals surface area contributed by atoms with Gasteiger partial charge < -0.3 is 15.1 Å². The molecule has 1 unspecified atom stereocenters. The van der Waals surface area contributed by atoms with Gasteiger partial charge in [-0.2, -0.15) is 0 Å². The lowest BCUT2D eigenvalue weighted by Crippen LogP contribution is -2.48. The molecule has 2 saturated heterocycles. The molecule has 1 saturated carbocycles. The number of hydrogen-bond acceptors (Lipinski definition) is 3. The minimum absolute atomic E-state index is 0.0635. The molecule has 0 aromatic heterocycles. The van der Waals surface area contributed by atoms with Crippen LogP contribution in [0.5, 0.6) is 0 Å². The van der Waals surface area contributed by atoms with Crippen molar-refractivity contribution in [3.63, 3.8) is 0 Å². The predicted octanol–water partition coefficient (Wildman–Crippen LogP) is 2.04. The fourth-order valence-corrected chi connectivity index (χ4v) is 4.44. The van der Waals surface area contributed by atoms with Gasteiger partial charge in [0.05, 0.1) is 11.5 Å². The van der Waals surface area contributed by atoms with Crippen molar-refractivity contribution >= 4 is 17.7 Å². The Kier molecular flexibility index (Phi) is 5.38. The van der Waals surface area contributed by atoms with Crippen molar-refractivity contribution in [1.82, 2.24) is 15.1 Å². The summed E-state index contributed by atoms with van der Waals surface area (Å²) in [5.74, 6) is 0.264. The summed E-state index contributed by atoms with van der Waals surface area (Å²) in [5.41, 5.74) is 0.961. The Morgan fingerprint density at radius 3 is 2.43 bits per heavy atom. The van der Waals surface area contributed by atoms with Crippen LogP contribution >= 0.6 is 0 Å². The van der Waals surface area contributed by atoms with Crippen molar-refractivity contribution < 1.29 is 14.4 Å². The predicted molar refractivity (Wildman–Crippen MR) is 105 cm³/mol. The van der Waals surface area contributed by atoms with Crippen molar-refractivity contribution in [2.24, 2.45) is 5.92 Å². The van der Waals surface area contributed by atoms with E-state index < -0.39 is 0 Å². The van der Waals surface area contributed by atoms with Gasteiger partial charge in [0.15, 0.2) is 0 Å². The highest BCUT2D eigenvalue weighted by Crippen LogP contribution is 2.45. The van der Waals surface area contributed by atoms with Crippen molar-refractivity contribution in [1.29, 1.82) is 0 Å². The largest absolute Gasteiger partial charge is 0.346 e. The molecular formula is C22H29N3O3. The van der Waals surface area contributed by atoms with Crippen LogP contribution in [0.2, 0.25) is 0 Å². The third-order valence-corrected chi connectivity index (χ3v) is 6.34. The lowest BCUT2D eigenvalue weighted by Gasteiger charge is -2.33. The van der Waals surface area contributed by atoms with Gasteiger partial charge in [0.2, 0.25) is 17.7 Å². The second kappa shape index (κ2) is 7.94. The first kappa shape index (κ1) is 19.0. The first-order chi connectivity index (χ1) is 13.6. The molecule has 1 aromatic carbocycles. The molecule has 3 aliphatic rings. The van der Waals surface area contributed by atoms with Crippen molar-refractivity contribution in [3.05, 3.63) is 35.9 Å². The Balaban J connectivity index is 1.29. The molecular weight excluding hydrogens is 354 g/mol. The van der Waals surface area contributed by atoms with Crippen molar-refractivity contribution in [2.45, 2.75) is 50.5 Å². The molecule has 4 rings (SSSR count). The van der Waals surface area contributed by atoms with Gasteiger partial charge in [0, 0.05) is 39.0 Å².